The molecule has 0 atom stereocenters. The Bertz CT molecular complexity index is 467. The van der Waals surface area contributed by atoms with Crippen LogP contribution in [0.15, 0.2) is 12.3 Å². The highest BCUT2D eigenvalue weighted by atomic mass is 16.5. The van der Waals surface area contributed by atoms with Crippen LogP contribution in [0.25, 0.3) is 0 Å². The van der Waals surface area contributed by atoms with Crippen LogP contribution in [0.2, 0.25) is 0 Å². The second-order valence-electron chi connectivity index (χ2n) is 5.76. The van der Waals surface area contributed by atoms with Gasteiger partial charge in [0.2, 0.25) is 11.8 Å². The first kappa shape index (κ1) is 16.2. The summed E-state index contributed by atoms with van der Waals surface area (Å²) in [6.07, 6.45) is 1.65. The number of pyridine rings is 1. The zero-order valence-corrected chi connectivity index (χ0v) is 13.1. The first-order valence-corrected chi connectivity index (χ1v) is 6.50. The number of amides is 1. The van der Waals surface area contributed by atoms with Crippen molar-refractivity contribution in [1.29, 1.82) is 0 Å². The van der Waals surface area contributed by atoms with Crippen molar-refractivity contribution in [2.24, 2.45) is 0 Å². The Morgan fingerprint density at radius 3 is 2.55 bits per heavy atom. The van der Waals surface area contributed by atoms with Gasteiger partial charge < -0.3 is 20.3 Å². The average Bonchev–Trinajstić information content (AvgIpc) is 2.35. The Labute approximate surface area is 120 Å². The van der Waals surface area contributed by atoms with Crippen LogP contribution >= 0.6 is 0 Å². The molecule has 0 bridgehead atoms. The van der Waals surface area contributed by atoms with Gasteiger partial charge in [0.1, 0.15) is 5.69 Å². The molecule has 0 spiro atoms. The lowest BCUT2D eigenvalue weighted by Gasteiger charge is -2.22. The summed E-state index contributed by atoms with van der Waals surface area (Å²) in [5.41, 5.74) is 1.32. The maximum atomic E-state index is 12.0. The van der Waals surface area contributed by atoms with Crippen molar-refractivity contribution in [3.63, 3.8) is 0 Å². The summed E-state index contributed by atoms with van der Waals surface area (Å²) in [5, 5.41) is 5.99. The van der Waals surface area contributed by atoms with Gasteiger partial charge in [0.25, 0.3) is 0 Å². The molecular formula is C14H24N4O2. The van der Waals surface area contributed by atoms with Gasteiger partial charge in [-0.2, -0.15) is 0 Å². The summed E-state index contributed by atoms with van der Waals surface area (Å²) in [4.78, 5) is 18.0. The predicted octanol–water partition coefficient (Wildman–Crippen LogP) is 1.48. The van der Waals surface area contributed by atoms with E-state index in [-0.39, 0.29) is 18.0 Å². The molecule has 0 fully saturated rings. The van der Waals surface area contributed by atoms with Crippen molar-refractivity contribution in [2.75, 3.05) is 38.0 Å². The maximum Gasteiger partial charge on any atom is 0.239 e. The molecule has 0 aliphatic heterocycles. The van der Waals surface area contributed by atoms with Crippen LogP contribution < -0.4 is 20.3 Å². The SMILES string of the molecule is COc1nccc(N(C)C)c1NC(=O)CNC(C)(C)C. The van der Waals surface area contributed by atoms with Gasteiger partial charge in [-0.05, 0) is 26.8 Å². The zero-order chi connectivity index (χ0) is 15.3. The van der Waals surface area contributed by atoms with E-state index >= 15 is 0 Å². The fourth-order valence-electron chi connectivity index (χ4n) is 1.61. The lowest BCUT2D eigenvalue weighted by Crippen LogP contribution is -2.41. The highest BCUT2D eigenvalue weighted by Crippen LogP contribution is 2.31. The van der Waals surface area contributed by atoms with Crippen LogP contribution in [0.5, 0.6) is 5.88 Å². The Hall–Kier alpha value is -1.82. The van der Waals surface area contributed by atoms with E-state index in [0.29, 0.717) is 11.6 Å². The summed E-state index contributed by atoms with van der Waals surface area (Å²) >= 11 is 0. The molecule has 112 valence electrons. The third kappa shape index (κ3) is 4.70. The minimum atomic E-state index is -0.130. The fourth-order valence-corrected chi connectivity index (χ4v) is 1.61. The lowest BCUT2D eigenvalue weighted by atomic mass is 10.1. The first-order valence-electron chi connectivity index (χ1n) is 6.50. The van der Waals surface area contributed by atoms with Gasteiger partial charge >= 0.3 is 0 Å². The molecule has 0 aliphatic carbocycles. The van der Waals surface area contributed by atoms with Crippen LogP contribution in [0.3, 0.4) is 0 Å². The van der Waals surface area contributed by atoms with E-state index in [1.807, 2.05) is 45.8 Å². The van der Waals surface area contributed by atoms with E-state index in [2.05, 4.69) is 15.6 Å². The van der Waals surface area contributed by atoms with E-state index < -0.39 is 0 Å². The Balaban J connectivity index is 2.87. The number of nitrogens with one attached hydrogen (secondary N) is 2. The van der Waals surface area contributed by atoms with Crippen LogP contribution in [-0.2, 0) is 4.79 Å². The van der Waals surface area contributed by atoms with Gasteiger partial charge in [-0.1, -0.05) is 0 Å². The van der Waals surface area contributed by atoms with Crippen molar-refractivity contribution in [2.45, 2.75) is 26.3 Å². The standard InChI is InChI=1S/C14H24N4O2/c1-14(2,3)16-9-11(19)17-12-10(18(4)5)7-8-15-13(12)20-6/h7-8,16H,9H2,1-6H3,(H,17,19). The molecule has 0 aromatic carbocycles. The summed E-state index contributed by atoms with van der Waals surface area (Å²) in [5.74, 6) is 0.273. The van der Waals surface area contributed by atoms with Gasteiger partial charge in [-0.25, -0.2) is 4.98 Å². The van der Waals surface area contributed by atoms with Gasteiger partial charge in [-0.15, -0.1) is 0 Å². The minimum absolute atomic E-state index is 0.110. The topological polar surface area (TPSA) is 66.5 Å². The number of rotatable bonds is 5. The van der Waals surface area contributed by atoms with E-state index in [1.54, 1.807) is 6.20 Å². The number of hydrogen-bond acceptors (Lipinski definition) is 5. The van der Waals surface area contributed by atoms with E-state index in [9.17, 15) is 4.79 Å². The highest BCUT2D eigenvalue weighted by molar-refractivity contribution is 5.97. The number of hydrogen-bond donors (Lipinski definition) is 2. The van der Waals surface area contributed by atoms with Crippen molar-refractivity contribution >= 4 is 17.3 Å². The molecular weight excluding hydrogens is 256 g/mol. The third-order valence-electron chi connectivity index (χ3n) is 2.61. The molecule has 1 amide bonds. The largest absolute Gasteiger partial charge is 0.479 e. The number of methoxy groups -OCH3 is 1. The van der Waals surface area contributed by atoms with Crippen molar-refractivity contribution in [1.82, 2.24) is 10.3 Å². The fraction of sp³-hybridized carbons (Fsp3) is 0.571. The number of aromatic nitrogens is 1. The summed E-state index contributed by atoms with van der Waals surface area (Å²) in [7, 11) is 5.33. The Morgan fingerprint density at radius 2 is 2.05 bits per heavy atom. The van der Waals surface area contributed by atoms with E-state index in [4.69, 9.17) is 4.74 Å². The molecule has 6 heteroatoms. The lowest BCUT2D eigenvalue weighted by molar-refractivity contribution is -0.115. The highest BCUT2D eigenvalue weighted by Gasteiger charge is 2.16. The molecule has 0 radical (unpaired) electrons. The summed E-state index contributed by atoms with van der Waals surface area (Å²) < 4.78 is 5.21. The summed E-state index contributed by atoms with van der Waals surface area (Å²) in [6, 6.07) is 1.83. The van der Waals surface area contributed by atoms with Gasteiger partial charge in [0.05, 0.1) is 19.3 Å². The monoisotopic (exact) mass is 280 g/mol. The van der Waals surface area contributed by atoms with E-state index in [1.165, 1.54) is 7.11 Å². The molecule has 1 rings (SSSR count). The van der Waals surface area contributed by atoms with Crippen molar-refractivity contribution < 1.29 is 9.53 Å². The maximum absolute atomic E-state index is 12.0. The summed E-state index contributed by atoms with van der Waals surface area (Å²) in [6.45, 7) is 6.26. The Morgan fingerprint density at radius 1 is 1.40 bits per heavy atom. The van der Waals surface area contributed by atoms with Crippen LogP contribution in [0, 0.1) is 0 Å². The molecule has 1 heterocycles. The zero-order valence-electron chi connectivity index (χ0n) is 13.1. The minimum Gasteiger partial charge on any atom is -0.479 e. The number of ether oxygens (including phenoxy) is 1. The Kier molecular flexibility index (Phi) is 5.33. The van der Waals surface area contributed by atoms with Gasteiger partial charge in [0, 0.05) is 25.8 Å². The van der Waals surface area contributed by atoms with Gasteiger partial charge in [-0.3, -0.25) is 4.79 Å². The van der Waals surface area contributed by atoms with Gasteiger partial charge in [0.15, 0.2) is 0 Å². The second kappa shape index (κ2) is 6.56. The van der Waals surface area contributed by atoms with Crippen LogP contribution in [-0.4, -0.2) is 44.2 Å². The predicted molar refractivity (Wildman–Crippen MR) is 81.5 cm³/mol. The van der Waals surface area contributed by atoms with E-state index in [0.717, 1.165) is 5.69 Å². The third-order valence-corrected chi connectivity index (χ3v) is 2.61. The first-order chi connectivity index (χ1) is 9.24. The van der Waals surface area contributed by atoms with Crippen LogP contribution in [0.1, 0.15) is 20.8 Å². The number of carbonyl (C=O) groups excluding carboxylic acids is 1. The number of anilines is 2. The molecule has 0 saturated heterocycles. The number of nitrogens with zero attached hydrogens (tertiary/aromatic N) is 2. The smallest absolute Gasteiger partial charge is 0.239 e. The average molecular weight is 280 g/mol. The molecule has 0 aliphatic rings. The molecule has 6 nitrogen and oxygen atoms in total. The number of carbonyl (C=O) groups is 1. The molecule has 0 saturated carbocycles. The van der Waals surface area contributed by atoms with Crippen molar-refractivity contribution in [3.8, 4) is 5.88 Å². The molecule has 0 unspecified atom stereocenters. The van der Waals surface area contributed by atoms with Crippen LogP contribution in [0.4, 0.5) is 11.4 Å². The molecule has 1 aromatic heterocycles. The molecule has 20 heavy (non-hydrogen) atoms. The second-order valence-corrected chi connectivity index (χ2v) is 5.76. The quantitative estimate of drug-likeness (QED) is 0.855. The molecule has 1 aromatic rings. The van der Waals surface area contributed by atoms with Crippen molar-refractivity contribution in [3.05, 3.63) is 12.3 Å². The normalized spacial score (nSPS) is 11.1. The molecule has 2 N–H and O–H groups in total.